The van der Waals surface area contributed by atoms with Crippen LogP contribution < -0.4 is 0 Å². The van der Waals surface area contributed by atoms with Crippen LogP contribution >= 0.6 is 11.6 Å². The van der Waals surface area contributed by atoms with Gasteiger partial charge in [0.2, 0.25) is 0 Å². The van der Waals surface area contributed by atoms with Gasteiger partial charge in [-0.3, -0.25) is 0 Å². The van der Waals surface area contributed by atoms with E-state index in [2.05, 4.69) is 56.3 Å². The van der Waals surface area contributed by atoms with E-state index in [0.717, 1.165) is 69.3 Å². The largest absolute Gasteiger partial charge is 0.246 e. The molecule has 4 aromatic carbocycles. The lowest BCUT2D eigenvalue weighted by molar-refractivity contribution is 0.920. The number of rotatable bonds is 8. The fraction of sp³-hybridized carbons (Fsp3) is 0.139. The van der Waals surface area contributed by atoms with Gasteiger partial charge in [0.25, 0.3) is 0 Å². The average molecular weight is 542 g/mol. The zero-order valence-corrected chi connectivity index (χ0v) is 23.9. The Kier molecular flexibility index (Phi) is 8.63. The lowest BCUT2D eigenvalue weighted by atomic mass is 10.0. The molecule has 40 heavy (non-hydrogen) atoms. The molecule has 0 saturated heterocycles. The minimum Gasteiger partial charge on any atom is -0.246 e. The number of hydrogen-bond donors (Lipinski definition) is 0. The number of hydrogen-bond acceptors (Lipinski definition) is 3. The molecule has 0 unspecified atom stereocenters. The number of nitrogens with zero attached hydrogens (tertiary/aromatic N) is 3. The van der Waals surface area contributed by atoms with E-state index >= 15 is 0 Å². The van der Waals surface area contributed by atoms with Crippen LogP contribution in [-0.4, -0.2) is 16.4 Å². The maximum absolute atomic E-state index is 6.61. The third-order valence-electron chi connectivity index (χ3n) is 6.81. The summed E-state index contributed by atoms with van der Waals surface area (Å²) in [6.45, 7) is 6.34. The molecule has 0 spiro atoms. The van der Waals surface area contributed by atoms with Crippen molar-refractivity contribution in [3.05, 3.63) is 159 Å². The first kappa shape index (κ1) is 27.2. The van der Waals surface area contributed by atoms with Crippen molar-refractivity contribution in [1.82, 2.24) is 4.98 Å². The van der Waals surface area contributed by atoms with Crippen LogP contribution in [0.4, 0.5) is 11.4 Å². The van der Waals surface area contributed by atoms with Gasteiger partial charge in [-0.15, -0.1) is 0 Å². The Morgan fingerprint density at radius 1 is 0.600 bits per heavy atom. The van der Waals surface area contributed by atoms with Crippen LogP contribution in [0.1, 0.15) is 52.5 Å². The van der Waals surface area contributed by atoms with Crippen LogP contribution in [0, 0.1) is 13.8 Å². The van der Waals surface area contributed by atoms with Crippen molar-refractivity contribution in [1.29, 1.82) is 0 Å². The summed E-state index contributed by atoms with van der Waals surface area (Å²) < 4.78 is 0. The zero-order valence-electron chi connectivity index (χ0n) is 23.1. The minimum absolute atomic E-state index is 0.610. The van der Waals surface area contributed by atoms with Gasteiger partial charge in [-0.25, -0.2) is 15.0 Å². The highest BCUT2D eigenvalue weighted by Gasteiger charge is 2.16. The predicted molar refractivity (Wildman–Crippen MR) is 169 cm³/mol. The highest BCUT2D eigenvalue weighted by molar-refractivity contribution is 6.33. The molecule has 0 aliphatic heterocycles. The second-order valence-electron chi connectivity index (χ2n) is 9.80. The summed E-state index contributed by atoms with van der Waals surface area (Å²) in [6.07, 6.45) is 2.02. The highest BCUT2D eigenvalue weighted by Crippen LogP contribution is 2.31. The highest BCUT2D eigenvalue weighted by atomic mass is 35.5. The summed E-state index contributed by atoms with van der Waals surface area (Å²) in [5.41, 5.74) is 10.3. The van der Waals surface area contributed by atoms with E-state index in [1.165, 1.54) is 5.56 Å². The molecular formula is C36H32ClN3. The molecule has 5 rings (SSSR count). The molecule has 3 nitrogen and oxygen atoms in total. The summed E-state index contributed by atoms with van der Waals surface area (Å²) in [5, 5.41) is 0.610. The summed E-state index contributed by atoms with van der Waals surface area (Å²) in [7, 11) is 0. The first-order valence-electron chi connectivity index (χ1n) is 13.6. The molecule has 198 valence electrons. The van der Waals surface area contributed by atoms with Crippen molar-refractivity contribution in [2.24, 2.45) is 9.98 Å². The van der Waals surface area contributed by atoms with E-state index in [1.807, 2.05) is 79.7 Å². The molecule has 0 radical (unpaired) electrons. The lowest BCUT2D eigenvalue weighted by Crippen LogP contribution is -2.12. The van der Waals surface area contributed by atoms with Crippen LogP contribution in [0.2, 0.25) is 5.02 Å². The molecule has 0 bridgehead atoms. The van der Waals surface area contributed by atoms with Crippen LogP contribution in [0.3, 0.4) is 0 Å². The van der Waals surface area contributed by atoms with Crippen molar-refractivity contribution in [2.45, 2.75) is 33.6 Å². The second-order valence-corrected chi connectivity index (χ2v) is 10.2. The molecule has 0 amide bonds. The van der Waals surface area contributed by atoms with E-state index in [9.17, 15) is 0 Å². The number of para-hydroxylation sites is 2. The Balaban J connectivity index is 1.72. The summed E-state index contributed by atoms with van der Waals surface area (Å²) >= 11 is 6.61. The SMILES string of the molecule is CCCc1cccc(C)c1N=C(c1ccccc1)c1cccc(C(=Nc2c(C)cccc2Cl)c2ccccc2)n1. The number of aryl methyl sites for hydroxylation is 3. The predicted octanol–water partition coefficient (Wildman–Crippen LogP) is 9.64. The molecule has 0 fully saturated rings. The quantitative estimate of drug-likeness (QED) is 0.180. The molecule has 5 aromatic rings. The number of halogens is 1. The van der Waals surface area contributed by atoms with E-state index in [0.29, 0.717) is 5.02 Å². The topological polar surface area (TPSA) is 37.6 Å². The maximum atomic E-state index is 6.61. The normalized spacial score (nSPS) is 12.0. The van der Waals surface area contributed by atoms with Crippen LogP contribution in [0.15, 0.2) is 125 Å². The van der Waals surface area contributed by atoms with Gasteiger partial charge in [0.05, 0.1) is 39.2 Å². The Morgan fingerprint density at radius 3 is 1.65 bits per heavy atom. The van der Waals surface area contributed by atoms with Gasteiger partial charge < -0.3 is 0 Å². The second kappa shape index (κ2) is 12.7. The molecule has 0 aliphatic rings. The Morgan fingerprint density at radius 2 is 1.10 bits per heavy atom. The lowest BCUT2D eigenvalue weighted by Gasteiger charge is -2.14. The standard InChI is InChI=1S/C36H32ClN3/c1-4-14-27-21-11-15-25(2)33(27)39-35(28-17-7-5-8-18-28)31-23-13-24-32(38-31)36(29-19-9-6-10-20-29)40-34-26(3)16-12-22-30(34)37/h5-13,15-24H,4,14H2,1-3H3. The van der Waals surface area contributed by atoms with Crippen LogP contribution in [0.5, 0.6) is 0 Å². The summed E-state index contributed by atoms with van der Waals surface area (Å²) in [4.78, 5) is 15.6. The number of benzene rings is 4. The van der Waals surface area contributed by atoms with E-state index in [4.69, 9.17) is 26.6 Å². The van der Waals surface area contributed by atoms with Crippen molar-refractivity contribution in [2.75, 3.05) is 0 Å². The molecule has 0 atom stereocenters. The molecule has 0 saturated carbocycles. The zero-order chi connectivity index (χ0) is 27.9. The van der Waals surface area contributed by atoms with Crippen molar-refractivity contribution in [3.63, 3.8) is 0 Å². The van der Waals surface area contributed by atoms with E-state index < -0.39 is 0 Å². The smallest absolute Gasteiger partial charge is 0.0966 e. The van der Waals surface area contributed by atoms with Gasteiger partial charge in [0.15, 0.2) is 0 Å². The van der Waals surface area contributed by atoms with Gasteiger partial charge in [-0.1, -0.05) is 122 Å². The third-order valence-corrected chi connectivity index (χ3v) is 7.11. The number of pyridine rings is 1. The fourth-order valence-electron chi connectivity index (χ4n) is 4.77. The van der Waals surface area contributed by atoms with Crippen molar-refractivity contribution in [3.8, 4) is 0 Å². The molecular weight excluding hydrogens is 510 g/mol. The van der Waals surface area contributed by atoms with Gasteiger partial charge in [0.1, 0.15) is 0 Å². The van der Waals surface area contributed by atoms with Gasteiger partial charge in [0, 0.05) is 11.1 Å². The summed E-state index contributed by atoms with van der Waals surface area (Å²) in [5.74, 6) is 0. The number of aromatic nitrogens is 1. The molecule has 1 aromatic heterocycles. The first-order chi connectivity index (χ1) is 19.5. The Hall–Kier alpha value is -4.34. The van der Waals surface area contributed by atoms with Gasteiger partial charge >= 0.3 is 0 Å². The monoisotopic (exact) mass is 541 g/mol. The number of aliphatic imine (C=N–C) groups is 2. The molecule has 0 aliphatic carbocycles. The third kappa shape index (κ3) is 6.11. The minimum atomic E-state index is 0.610. The fourth-order valence-corrected chi connectivity index (χ4v) is 5.03. The van der Waals surface area contributed by atoms with Crippen molar-refractivity contribution >= 4 is 34.4 Å². The first-order valence-corrected chi connectivity index (χ1v) is 14.0. The summed E-state index contributed by atoms with van der Waals surface area (Å²) in [6, 6.07) is 38.7. The average Bonchev–Trinajstić information content (AvgIpc) is 2.98. The van der Waals surface area contributed by atoms with Crippen LogP contribution in [-0.2, 0) is 6.42 Å². The van der Waals surface area contributed by atoms with E-state index in [1.54, 1.807) is 0 Å². The van der Waals surface area contributed by atoms with E-state index in [-0.39, 0.29) is 0 Å². The molecule has 1 heterocycles. The Bertz CT molecular complexity index is 1650. The maximum Gasteiger partial charge on any atom is 0.0966 e. The molecule has 0 N–H and O–H groups in total. The van der Waals surface area contributed by atoms with Crippen LogP contribution in [0.25, 0.3) is 0 Å². The Labute approximate surface area is 242 Å². The molecule has 4 heteroatoms. The van der Waals surface area contributed by atoms with Gasteiger partial charge in [-0.05, 0) is 55.2 Å². The van der Waals surface area contributed by atoms with Gasteiger partial charge in [-0.2, -0.15) is 0 Å². The van der Waals surface area contributed by atoms with Crippen molar-refractivity contribution < 1.29 is 0 Å².